The number of thioether (sulfide) groups is 1. The maximum atomic E-state index is 10.9. The lowest BCUT2D eigenvalue weighted by Gasteiger charge is -2.14. The van der Waals surface area contributed by atoms with Crippen LogP contribution in [0.25, 0.3) is 0 Å². The van der Waals surface area contributed by atoms with Crippen LogP contribution in [-0.4, -0.2) is 5.21 Å². The standard InChI is InChI=1S/C10H7Cl4NO2S/c11-7(9(12)13)8(10(14)15(16)17)18-6-4-2-1-3-5-6/h1-5,15-16H/b10-8-. The molecular formula is C10H7Cl4NO2S. The molecule has 0 aliphatic carbocycles. The Bertz CT molecular complexity index is 472. The molecule has 1 aromatic carbocycles. The first kappa shape index (κ1) is 16.1. The van der Waals surface area contributed by atoms with E-state index in [-0.39, 0.29) is 14.4 Å². The highest BCUT2D eigenvalue weighted by Gasteiger charge is 2.18. The summed E-state index contributed by atoms with van der Waals surface area (Å²) in [6, 6.07) is 8.99. The highest BCUT2D eigenvalue weighted by Crippen LogP contribution is 2.38. The van der Waals surface area contributed by atoms with Crippen LogP contribution >= 0.6 is 58.2 Å². The molecule has 0 heterocycles. The van der Waals surface area contributed by atoms with Gasteiger partial charge in [0.25, 0.3) is 0 Å². The fourth-order valence-corrected chi connectivity index (χ4v) is 2.64. The molecule has 0 fully saturated rings. The first-order chi connectivity index (χ1) is 8.43. The second-order valence-electron chi connectivity index (χ2n) is 2.94. The lowest BCUT2D eigenvalue weighted by Crippen LogP contribution is -3.01. The molecule has 0 aromatic heterocycles. The number of halogens is 4. The highest BCUT2D eigenvalue weighted by atomic mass is 35.5. The summed E-state index contributed by atoms with van der Waals surface area (Å²) < 4.78 is -0.241. The van der Waals surface area contributed by atoms with Gasteiger partial charge in [0, 0.05) is 4.90 Å². The van der Waals surface area contributed by atoms with Crippen LogP contribution in [0, 0.1) is 5.21 Å². The topological polar surface area (TPSA) is 47.7 Å². The summed E-state index contributed by atoms with van der Waals surface area (Å²) in [6.07, 6.45) is 0. The summed E-state index contributed by atoms with van der Waals surface area (Å²) in [6.45, 7) is 0. The molecule has 1 rings (SSSR count). The van der Waals surface area contributed by atoms with Crippen molar-refractivity contribution in [2.24, 2.45) is 0 Å². The van der Waals surface area contributed by atoms with Crippen LogP contribution in [-0.2, 0) is 0 Å². The number of hydrogen-bond donors (Lipinski definition) is 2. The van der Waals surface area contributed by atoms with E-state index in [1.165, 1.54) is 0 Å². The first-order valence-electron chi connectivity index (χ1n) is 4.50. The Labute approximate surface area is 128 Å². The van der Waals surface area contributed by atoms with E-state index in [1.54, 1.807) is 24.3 Å². The van der Waals surface area contributed by atoms with Crippen molar-refractivity contribution in [2.45, 2.75) is 4.90 Å². The van der Waals surface area contributed by atoms with Crippen LogP contribution in [0.15, 0.2) is 54.8 Å². The summed E-state index contributed by atoms with van der Waals surface area (Å²) in [4.78, 5) is 0.858. The molecule has 0 radical (unpaired) electrons. The lowest BCUT2D eigenvalue weighted by molar-refractivity contribution is -1.01. The predicted molar refractivity (Wildman–Crippen MR) is 75.9 cm³/mol. The van der Waals surface area contributed by atoms with E-state index < -0.39 is 10.4 Å². The molecule has 98 valence electrons. The molecule has 1 aromatic rings. The minimum atomic E-state index is -1.30. The molecule has 0 aliphatic rings. The molecule has 2 N–H and O–H groups in total. The molecule has 8 heteroatoms. The molecule has 0 saturated heterocycles. The average Bonchev–Trinajstić information content (AvgIpc) is 2.35. The lowest BCUT2D eigenvalue weighted by atomic mass is 10.4. The maximum absolute atomic E-state index is 10.9. The molecule has 0 spiro atoms. The van der Waals surface area contributed by atoms with Gasteiger partial charge in [0.2, 0.25) is 5.16 Å². The van der Waals surface area contributed by atoms with E-state index >= 15 is 0 Å². The SMILES string of the molecule is [O-][NH+](O)/C(Cl)=C(\Sc1ccccc1)C(Cl)=C(Cl)Cl. The van der Waals surface area contributed by atoms with Crippen LogP contribution in [0.5, 0.6) is 0 Å². The third kappa shape index (κ3) is 4.64. The number of quaternary nitrogens is 1. The summed E-state index contributed by atoms with van der Waals surface area (Å²) in [5.41, 5.74) is 0. The normalized spacial score (nSPS) is 13.9. The van der Waals surface area contributed by atoms with Gasteiger partial charge in [-0.25, -0.2) is 5.21 Å². The average molecular weight is 347 g/mol. The molecule has 3 nitrogen and oxygen atoms in total. The van der Waals surface area contributed by atoms with Gasteiger partial charge in [-0.2, -0.15) is 5.23 Å². The van der Waals surface area contributed by atoms with Gasteiger partial charge in [-0.1, -0.05) is 64.8 Å². The molecular weight excluding hydrogens is 340 g/mol. The molecule has 18 heavy (non-hydrogen) atoms. The first-order valence-corrected chi connectivity index (χ1v) is 6.83. The zero-order valence-corrected chi connectivity index (χ0v) is 12.5. The van der Waals surface area contributed by atoms with Gasteiger partial charge in [0.1, 0.15) is 9.40 Å². The van der Waals surface area contributed by atoms with Crippen molar-refractivity contribution < 1.29 is 10.4 Å². The Balaban J connectivity index is 3.16. The number of allylic oxidation sites excluding steroid dienone is 1. The molecule has 0 amide bonds. The number of rotatable bonds is 4. The maximum Gasteiger partial charge on any atom is 0.248 e. The van der Waals surface area contributed by atoms with E-state index in [4.69, 9.17) is 51.6 Å². The zero-order valence-electron chi connectivity index (χ0n) is 8.66. The van der Waals surface area contributed by atoms with Crippen molar-refractivity contribution >= 4 is 58.2 Å². The Hall–Kier alpha value is 0.0900. The highest BCUT2D eigenvalue weighted by molar-refractivity contribution is 8.03. The second-order valence-corrected chi connectivity index (χ2v) is 5.73. The molecule has 0 aliphatic heterocycles. The molecule has 1 atom stereocenters. The Kier molecular flexibility index (Phi) is 6.84. The van der Waals surface area contributed by atoms with E-state index in [0.29, 0.717) is 0 Å². The van der Waals surface area contributed by atoms with E-state index in [9.17, 15) is 5.21 Å². The van der Waals surface area contributed by atoms with Gasteiger partial charge in [0.05, 0.1) is 5.03 Å². The Morgan fingerprint density at radius 2 is 1.67 bits per heavy atom. The van der Waals surface area contributed by atoms with E-state index in [2.05, 4.69) is 0 Å². The largest absolute Gasteiger partial charge is 0.594 e. The molecule has 0 bridgehead atoms. The van der Waals surface area contributed by atoms with Crippen LogP contribution in [0.2, 0.25) is 0 Å². The Morgan fingerprint density at radius 3 is 2.11 bits per heavy atom. The van der Waals surface area contributed by atoms with Gasteiger partial charge in [-0.05, 0) is 23.7 Å². The number of hydrogen-bond acceptors (Lipinski definition) is 3. The number of benzene rings is 1. The minimum Gasteiger partial charge on any atom is -0.594 e. The minimum absolute atomic E-state index is 0.0945. The third-order valence-electron chi connectivity index (χ3n) is 1.72. The van der Waals surface area contributed by atoms with Gasteiger partial charge in [-0.3, -0.25) is 0 Å². The van der Waals surface area contributed by atoms with Crippen molar-refractivity contribution in [3.63, 3.8) is 0 Å². The fraction of sp³-hybridized carbons (Fsp3) is 0. The van der Waals surface area contributed by atoms with Crippen molar-refractivity contribution in [2.75, 3.05) is 0 Å². The number of hydroxylamine groups is 2. The van der Waals surface area contributed by atoms with Gasteiger partial charge < -0.3 is 5.21 Å². The van der Waals surface area contributed by atoms with Crippen molar-refractivity contribution in [1.29, 1.82) is 0 Å². The van der Waals surface area contributed by atoms with Crippen LogP contribution < -0.4 is 5.23 Å². The summed E-state index contributed by atoms with van der Waals surface area (Å²) in [5, 5.41) is 17.9. The summed E-state index contributed by atoms with van der Waals surface area (Å²) in [5.74, 6) is 0. The van der Waals surface area contributed by atoms with E-state index in [0.717, 1.165) is 16.7 Å². The number of nitrogens with one attached hydrogen (secondary N) is 1. The second kappa shape index (κ2) is 7.62. The molecule has 1 unspecified atom stereocenters. The van der Waals surface area contributed by atoms with Crippen LogP contribution in [0.4, 0.5) is 0 Å². The van der Waals surface area contributed by atoms with Crippen molar-refractivity contribution in [1.82, 2.24) is 0 Å². The van der Waals surface area contributed by atoms with Crippen molar-refractivity contribution in [3.05, 3.63) is 55.1 Å². The quantitative estimate of drug-likeness (QED) is 0.377. The van der Waals surface area contributed by atoms with Gasteiger partial charge in [0.15, 0.2) is 0 Å². The van der Waals surface area contributed by atoms with Gasteiger partial charge >= 0.3 is 0 Å². The fourth-order valence-electron chi connectivity index (χ4n) is 0.975. The van der Waals surface area contributed by atoms with Crippen LogP contribution in [0.1, 0.15) is 0 Å². The zero-order chi connectivity index (χ0) is 13.7. The monoisotopic (exact) mass is 345 g/mol. The van der Waals surface area contributed by atoms with E-state index in [1.807, 2.05) is 6.07 Å². The third-order valence-corrected chi connectivity index (χ3v) is 4.36. The summed E-state index contributed by atoms with van der Waals surface area (Å²) >= 11 is 23.7. The smallest absolute Gasteiger partial charge is 0.248 e. The van der Waals surface area contributed by atoms with Crippen LogP contribution in [0.3, 0.4) is 0 Å². The van der Waals surface area contributed by atoms with Gasteiger partial charge in [-0.15, -0.1) is 0 Å². The summed E-state index contributed by atoms with van der Waals surface area (Å²) in [7, 11) is 0. The molecule has 0 saturated carbocycles. The van der Waals surface area contributed by atoms with Crippen molar-refractivity contribution in [3.8, 4) is 0 Å². The Morgan fingerprint density at radius 1 is 1.11 bits per heavy atom. The predicted octanol–water partition coefficient (Wildman–Crippen LogP) is 3.84.